The highest BCUT2D eigenvalue weighted by Gasteiger charge is 2.31. The molecule has 0 atom stereocenters. The van der Waals surface area contributed by atoms with Crippen molar-refractivity contribution < 1.29 is 4.74 Å². The van der Waals surface area contributed by atoms with Crippen molar-refractivity contribution in [1.82, 2.24) is 0 Å². The second-order valence-corrected chi connectivity index (χ2v) is 12.2. The molecule has 0 aliphatic carbocycles. The fourth-order valence-electron chi connectivity index (χ4n) is 3.68. The Morgan fingerprint density at radius 2 is 0.909 bits per heavy atom. The van der Waals surface area contributed by atoms with E-state index in [2.05, 4.69) is 20.8 Å². The Kier molecular flexibility index (Phi) is 16.2. The molecular formula is C20H44OSi. The van der Waals surface area contributed by atoms with Crippen LogP contribution in [0.2, 0.25) is 18.1 Å². The van der Waals surface area contributed by atoms with Crippen LogP contribution in [-0.2, 0) is 4.74 Å². The molecule has 0 aromatic rings. The summed E-state index contributed by atoms with van der Waals surface area (Å²) in [5.41, 5.74) is 0. The molecule has 0 aliphatic rings. The molecule has 0 aromatic carbocycles. The zero-order chi connectivity index (χ0) is 16.5. The van der Waals surface area contributed by atoms with E-state index in [-0.39, 0.29) is 0 Å². The SMILES string of the molecule is CCCCCC[Si](CCCCCC)(CCCCCC)COC. The summed E-state index contributed by atoms with van der Waals surface area (Å²) in [7, 11) is 0.769. The third-order valence-corrected chi connectivity index (χ3v) is 10.3. The van der Waals surface area contributed by atoms with Gasteiger partial charge in [0.25, 0.3) is 0 Å². The van der Waals surface area contributed by atoms with Crippen molar-refractivity contribution in [2.45, 2.75) is 116 Å². The number of unbranched alkanes of at least 4 members (excludes halogenated alkanes) is 9. The Bertz CT molecular complexity index is 186. The summed E-state index contributed by atoms with van der Waals surface area (Å²) in [5.74, 6) is 0. The van der Waals surface area contributed by atoms with Gasteiger partial charge in [0.1, 0.15) is 0 Å². The van der Waals surface area contributed by atoms with Crippen LogP contribution in [-0.4, -0.2) is 21.4 Å². The van der Waals surface area contributed by atoms with Gasteiger partial charge in [-0.05, 0) is 0 Å². The average molecular weight is 329 g/mol. The first-order chi connectivity index (χ1) is 10.7. The Morgan fingerprint density at radius 1 is 0.545 bits per heavy atom. The summed E-state index contributed by atoms with van der Waals surface area (Å²) in [6, 6.07) is 4.58. The van der Waals surface area contributed by atoms with E-state index in [9.17, 15) is 0 Å². The molecule has 0 N–H and O–H groups in total. The smallest absolute Gasteiger partial charge is 0.0837 e. The van der Waals surface area contributed by atoms with Crippen LogP contribution >= 0.6 is 0 Å². The van der Waals surface area contributed by atoms with Crippen LogP contribution in [0, 0.1) is 0 Å². The Morgan fingerprint density at radius 3 is 1.18 bits per heavy atom. The van der Waals surface area contributed by atoms with Crippen LogP contribution in [0.1, 0.15) is 97.8 Å². The topological polar surface area (TPSA) is 9.23 Å². The van der Waals surface area contributed by atoms with E-state index in [4.69, 9.17) is 4.74 Å². The molecule has 1 nitrogen and oxygen atoms in total. The lowest BCUT2D eigenvalue weighted by Gasteiger charge is -2.31. The van der Waals surface area contributed by atoms with Gasteiger partial charge < -0.3 is 4.74 Å². The van der Waals surface area contributed by atoms with Gasteiger partial charge in [0.05, 0.1) is 8.07 Å². The minimum atomic E-state index is -1.17. The molecule has 0 unspecified atom stereocenters. The fraction of sp³-hybridized carbons (Fsp3) is 1.00. The Balaban J connectivity index is 4.39. The van der Waals surface area contributed by atoms with Crippen LogP contribution in [0.5, 0.6) is 0 Å². The van der Waals surface area contributed by atoms with E-state index in [0.29, 0.717) is 0 Å². The molecule has 0 spiro atoms. The minimum Gasteiger partial charge on any atom is -0.388 e. The van der Waals surface area contributed by atoms with Gasteiger partial charge in [-0.2, -0.15) is 0 Å². The monoisotopic (exact) mass is 328 g/mol. The lowest BCUT2D eigenvalue weighted by Crippen LogP contribution is -2.39. The van der Waals surface area contributed by atoms with Gasteiger partial charge in [-0.1, -0.05) is 116 Å². The van der Waals surface area contributed by atoms with Crippen molar-refractivity contribution in [2.24, 2.45) is 0 Å². The molecule has 0 fully saturated rings. The highest BCUT2D eigenvalue weighted by atomic mass is 28.3. The molecule has 0 rings (SSSR count). The number of hydrogen-bond acceptors (Lipinski definition) is 1. The van der Waals surface area contributed by atoms with Crippen LogP contribution in [0.15, 0.2) is 0 Å². The molecule has 0 aliphatic heterocycles. The second kappa shape index (κ2) is 16.0. The molecule has 134 valence electrons. The van der Waals surface area contributed by atoms with Crippen LogP contribution in [0.4, 0.5) is 0 Å². The van der Waals surface area contributed by atoms with Crippen LogP contribution < -0.4 is 0 Å². The van der Waals surface area contributed by atoms with Crippen LogP contribution in [0.3, 0.4) is 0 Å². The number of ether oxygens (including phenoxy) is 1. The summed E-state index contributed by atoms with van der Waals surface area (Å²) in [6.07, 6.45) is 18.2. The summed E-state index contributed by atoms with van der Waals surface area (Å²) in [5, 5.41) is 0. The minimum absolute atomic E-state index is 1.12. The third kappa shape index (κ3) is 11.7. The molecule has 0 saturated heterocycles. The summed E-state index contributed by atoms with van der Waals surface area (Å²) in [6.45, 7) is 6.94. The zero-order valence-electron chi connectivity index (χ0n) is 16.2. The molecule has 0 aromatic heterocycles. The molecule has 0 amide bonds. The number of methoxy groups -OCH3 is 1. The third-order valence-electron chi connectivity index (χ3n) is 5.13. The first kappa shape index (κ1) is 22.2. The van der Waals surface area contributed by atoms with Gasteiger partial charge in [0, 0.05) is 13.3 Å². The number of hydrogen-bond donors (Lipinski definition) is 0. The highest BCUT2D eigenvalue weighted by Crippen LogP contribution is 2.30. The standard InChI is InChI=1S/C20H44OSi/c1-5-8-11-14-17-22(20-21-4,18-15-12-9-6-2)19-16-13-10-7-3/h5-20H2,1-4H3. The van der Waals surface area contributed by atoms with Crippen LogP contribution in [0.25, 0.3) is 0 Å². The summed E-state index contributed by atoms with van der Waals surface area (Å²) < 4.78 is 5.74. The van der Waals surface area contributed by atoms with Gasteiger partial charge in [0.2, 0.25) is 0 Å². The largest absolute Gasteiger partial charge is 0.388 e. The molecule has 22 heavy (non-hydrogen) atoms. The first-order valence-electron chi connectivity index (χ1n) is 10.2. The lowest BCUT2D eigenvalue weighted by molar-refractivity contribution is 0.243. The van der Waals surface area contributed by atoms with Crippen molar-refractivity contribution >= 4 is 8.07 Å². The Hall–Kier alpha value is 0.177. The fourth-order valence-corrected chi connectivity index (χ4v) is 8.47. The quantitative estimate of drug-likeness (QED) is 0.200. The van der Waals surface area contributed by atoms with E-state index in [1.807, 2.05) is 7.11 Å². The molecule has 0 bridgehead atoms. The maximum Gasteiger partial charge on any atom is 0.0837 e. The van der Waals surface area contributed by atoms with Gasteiger partial charge >= 0.3 is 0 Å². The number of rotatable bonds is 17. The maximum atomic E-state index is 5.74. The second-order valence-electron chi connectivity index (χ2n) is 7.36. The van der Waals surface area contributed by atoms with E-state index >= 15 is 0 Å². The van der Waals surface area contributed by atoms with E-state index < -0.39 is 8.07 Å². The van der Waals surface area contributed by atoms with Crippen molar-refractivity contribution in [3.63, 3.8) is 0 Å². The van der Waals surface area contributed by atoms with E-state index in [1.54, 1.807) is 0 Å². The van der Waals surface area contributed by atoms with Gasteiger partial charge in [-0.3, -0.25) is 0 Å². The van der Waals surface area contributed by atoms with Crippen molar-refractivity contribution in [3.05, 3.63) is 0 Å². The zero-order valence-corrected chi connectivity index (χ0v) is 17.2. The first-order valence-corrected chi connectivity index (χ1v) is 13.1. The predicted molar refractivity (Wildman–Crippen MR) is 104 cm³/mol. The highest BCUT2D eigenvalue weighted by molar-refractivity contribution is 6.79. The Labute approximate surface area is 142 Å². The van der Waals surface area contributed by atoms with Gasteiger partial charge in [-0.15, -0.1) is 0 Å². The average Bonchev–Trinajstić information content (AvgIpc) is 2.53. The molecular weight excluding hydrogens is 284 g/mol. The summed E-state index contributed by atoms with van der Waals surface area (Å²) in [4.78, 5) is 0. The lowest BCUT2D eigenvalue weighted by atomic mass is 10.2. The van der Waals surface area contributed by atoms with Crippen molar-refractivity contribution in [3.8, 4) is 0 Å². The van der Waals surface area contributed by atoms with Crippen molar-refractivity contribution in [1.29, 1.82) is 0 Å². The van der Waals surface area contributed by atoms with E-state index in [1.165, 1.54) is 95.2 Å². The normalized spacial score (nSPS) is 12.0. The predicted octanol–water partition coefficient (Wildman–Crippen LogP) is 7.36. The maximum absolute atomic E-state index is 5.74. The molecule has 0 saturated carbocycles. The molecule has 0 radical (unpaired) electrons. The summed E-state index contributed by atoms with van der Waals surface area (Å²) >= 11 is 0. The van der Waals surface area contributed by atoms with E-state index in [0.717, 1.165) is 6.23 Å². The van der Waals surface area contributed by atoms with Gasteiger partial charge in [0.15, 0.2) is 0 Å². The molecule has 0 heterocycles. The molecule has 2 heteroatoms. The van der Waals surface area contributed by atoms with Crippen molar-refractivity contribution in [2.75, 3.05) is 13.3 Å². The van der Waals surface area contributed by atoms with Gasteiger partial charge in [-0.25, -0.2) is 0 Å².